The van der Waals surface area contributed by atoms with Crippen molar-refractivity contribution < 1.29 is 23.9 Å². The van der Waals surface area contributed by atoms with Crippen molar-refractivity contribution in [3.63, 3.8) is 0 Å². The van der Waals surface area contributed by atoms with Gasteiger partial charge < -0.3 is 19.7 Å². The molecule has 9 heteroatoms. The summed E-state index contributed by atoms with van der Waals surface area (Å²) in [5.41, 5.74) is -0.622. The minimum atomic E-state index is -0.648. The summed E-state index contributed by atoms with van der Waals surface area (Å²) >= 11 is 1.63. The Hall–Kier alpha value is -1.48. The Morgan fingerprint density at radius 2 is 1.88 bits per heavy atom. The highest BCUT2D eigenvalue weighted by atomic mass is 32.2. The van der Waals surface area contributed by atoms with E-state index in [1.54, 1.807) is 37.4 Å². The molecule has 0 aromatic carbocycles. The van der Waals surface area contributed by atoms with Gasteiger partial charge in [-0.15, -0.1) is 11.8 Å². The zero-order valence-electron chi connectivity index (χ0n) is 16.3. The Balaban J connectivity index is 1.91. The van der Waals surface area contributed by atoms with Gasteiger partial charge in [0.2, 0.25) is 5.91 Å². The quantitative estimate of drug-likeness (QED) is 0.693. The van der Waals surface area contributed by atoms with Gasteiger partial charge in [0, 0.05) is 5.75 Å². The molecule has 1 spiro atoms. The van der Waals surface area contributed by atoms with Gasteiger partial charge in [-0.3, -0.25) is 14.9 Å². The van der Waals surface area contributed by atoms with Crippen molar-refractivity contribution >= 4 is 29.7 Å². The van der Waals surface area contributed by atoms with Gasteiger partial charge in [-0.25, -0.2) is 4.79 Å². The highest BCUT2D eigenvalue weighted by molar-refractivity contribution is 8.01. The average Bonchev–Trinajstić information content (AvgIpc) is 2.93. The van der Waals surface area contributed by atoms with E-state index in [2.05, 4.69) is 10.6 Å². The van der Waals surface area contributed by atoms with E-state index < -0.39 is 17.7 Å². The van der Waals surface area contributed by atoms with Crippen molar-refractivity contribution in [1.82, 2.24) is 15.5 Å². The molecular formula is C17H29N3O5S. The van der Waals surface area contributed by atoms with Crippen LogP contribution in [0.4, 0.5) is 4.79 Å². The molecule has 2 rings (SSSR count). The highest BCUT2D eigenvalue weighted by Crippen LogP contribution is 2.39. The fourth-order valence-electron chi connectivity index (χ4n) is 2.97. The SMILES string of the molecule is COC(=O)[C@@H]1CSC2(CN(C(=O)[C@@H](NC(=O)OC(C)(C)C)C(C)C)C2)N1. The third kappa shape index (κ3) is 4.82. The van der Waals surface area contributed by atoms with E-state index in [0.29, 0.717) is 18.8 Å². The molecule has 0 saturated carbocycles. The lowest BCUT2D eigenvalue weighted by molar-refractivity contribution is -0.144. The van der Waals surface area contributed by atoms with Gasteiger partial charge in [0.15, 0.2) is 0 Å². The second kappa shape index (κ2) is 7.64. The van der Waals surface area contributed by atoms with Crippen LogP contribution in [0, 0.1) is 5.92 Å². The lowest BCUT2D eigenvalue weighted by Crippen LogP contribution is -2.70. The zero-order chi connectivity index (χ0) is 19.7. The largest absolute Gasteiger partial charge is 0.468 e. The molecule has 2 saturated heterocycles. The maximum Gasteiger partial charge on any atom is 0.408 e. The standard InChI is InChI=1S/C17H29N3O5S/c1-10(2)12(18-15(23)25-16(3,4)5)13(21)20-8-17(9-20)19-11(7-26-17)14(22)24-6/h10-12,19H,7-9H2,1-6H3,(H,18,23)/t11-,12-/m0/s1. The van der Waals surface area contributed by atoms with Crippen LogP contribution in [-0.4, -0.2) is 71.4 Å². The van der Waals surface area contributed by atoms with Gasteiger partial charge in [0.1, 0.15) is 22.6 Å². The summed E-state index contributed by atoms with van der Waals surface area (Å²) in [7, 11) is 1.37. The van der Waals surface area contributed by atoms with Crippen LogP contribution in [0.2, 0.25) is 0 Å². The van der Waals surface area contributed by atoms with Crippen LogP contribution in [0.15, 0.2) is 0 Å². The summed E-state index contributed by atoms with van der Waals surface area (Å²) in [6, 6.07) is -0.993. The summed E-state index contributed by atoms with van der Waals surface area (Å²) in [6.07, 6.45) is -0.598. The number of nitrogens with zero attached hydrogens (tertiary/aromatic N) is 1. The lowest BCUT2D eigenvalue weighted by atomic mass is 9.99. The number of hydrogen-bond donors (Lipinski definition) is 2. The summed E-state index contributed by atoms with van der Waals surface area (Å²) in [6.45, 7) is 10.1. The van der Waals surface area contributed by atoms with E-state index in [4.69, 9.17) is 9.47 Å². The summed E-state index contributed by atoms with van der Waals surface area (Å²) in [5.74, 6) is 0.128. The number of amides is 2. The molecule has 2 N–H and O–H groups in total. The Morgan fingerprint density at radius 1 is 1.27 bits per heavy atom. The van der Waals surface area contributed by atoms with E-state index in [-0.39, 0.29) is 28.7 Å². The molecule has 148 valence electrons. The first kappa shape index (κ1) is 20.8. The molecule has 2 amide bonds. The van der Waals surface area contributed by atoms with E-state index in [9.17, 15) is 14.4 Å². The monoisotopic (exact) mass is 387 g/mol. The molecule has 0 aromatic rings. The first-order chi connectivity index (χ1) is 12.0. The molecule has 8 nitrogen and oxygen atoms in total. The summed E-state index contributed by atoms with van der Waals surface area (Å²) < 4.78 is 10.0. The van der Waals surface area contributed by atoms with Gasteiger partial charge in [0.25, 0.3) is 0 Å². The Labute approximate surface area is 158 Å². The number of methoxy groups -OCH3 is 1. The van der Waals surface area contributed by atoms with Crippen molar-refractivity contribution in [3.8, 4) is 0 Å². The van der Waals surface area contributed by atoms with Crippen LogP contribution in [0.25, 0.3) is 0 Å². The fraction of sp³-hybridized carbons (Fsp3) is 0.824. The number of rotatable bonds is 4. The van der Waals surface area contributed by atoms with Crippen LogP contribution < -0.4 is 10.6 Å². The van der Waals surface area contributed by atoms with E-state index in [1.165, 1.54) is 7.11 Å². The number of ether oxygens (including phenoxy) is 2. The second-order valence-corrected chi connectivity index (χ2v) is 9.49. The number of hydrogen-bond acceptors (Lipinski definition) is 7. The summed E-state index contributed by atoms with van der Waals surface area (Å²) in [4.78, 5) is 37.9. The Morgan fingerprint density at radius 3 is 2.38 bits per heavy atom. The molecule has 0 aromatic heterocycles. The van der Waals surface area contributed by atoms with Crippen LogP contribution in [0.1, 0.15) is 34.6 Å². The van der Waals surface area contributed by atoms with Crippen LogP contribution in [0.5, 0.6) is 0 Å². The predicted molar refractivity (Wildman–Crippen MR) is 98.7 cm³/mol. The number of thioether (sulfide) groups is 1. The van der Waals surface area contributed by atoms with E-state index in [0.717, 1.165) is 0 Å². The maximum absolute atomic E-state index is 12.8. The Kier molecular flexibility index (Phi) is 6.12. The first-order valence-electron chi connectivity index (χ1n) is 8.74. The number of carbonyl (C=O) groups is 3. The third-order valence-electron chi connectivity index (χ3n) is 4.26. The maximum atomic E-state index is 12.8. The van der Waals surface area contributed by atoms with Gasteiger partial charge in [-0.2, -0.15) is 0 Å². The van der Waals surface area contributed by atoms with Crippen molar-refractivity contribution in [2.45, 2.75) is 57.2 Å². The molecule has 2 aliphatic heterocycles. The molecule has 2 aliphatic rings. The molecule has 26 heavy (non-hydrogen) atoms. The van der Waals surface area contributed by atoms with Crippen LogP contribution in [0.3, 0.4) is 0 Å². The molecule has 0 unspecified atom stereocenters. The lowest BCUT2D eigenvalue weighted by Gasteiger charge is -2.48. The number of carbonyl (C=O) groups excluding carboxylic acids is 3. The smallest absolute Gasteiger partial charge is 0.408 e. The Bertz CT molecular complexity index is 569. The van der Waals surface area contributed by atoms with Gasteiger partial charge in [-0.05, 0) is 26.7 Å². The van der Waals surface area contributed by atoms with Gasteiger partial charge in [-0.1, -0.05) is 13.8 Å². The van der Waals surface area contributed by atoms with Crippen molar-refractivity contribution in [2.75, 3.05) is 26.0 Å². The van der Waals surface area contributed by atoms with Crippen LogP contribution in [-0.2, 0) is 19.1 Å². The fourth-order valence-corrected chi connectivity index (χ4v) is 4.39. The average molecular weight is 388 g/mol. The number of likely N-dealkylation sites (tertiary alicyclic amines) is 1. The normalized spacial score (nSPS) is 22.7. The van der Waals surface area contributed by atoms with Gasteiger partial charge in [0.05, 0.1) is 20.2 Å². The highest BCUT2D eigenvalue weighted by Gasteiger charge is 2.53. The van der Waals surface area contributed by atoms with Crippen LogP contribution >= 0.6 is 11.8 Å². The second-order valence-electron chi connectivity index (χ2n) is 8.09. The van der Waals surface area contributed by atoms with E-state index in [1.807, 2.05) is 13.8 Å². The molecular weight excluding hydrogens is 358 g/mol. The molecule has 0 aliphatic carbocycles. The minimum Gasteiger partial charge on any atom is -0.468 e. The van der Waals surface area contributed by atoms with Crippen molar-refractivity contribution in [2.24, 2.45) is 5.92 Å². The van der Waals surface area contributed by atoms with Crippen molar-refractivity contribution in [3.05, 3.63) is 0 Å². The molecule has 0 radical (unpaired) electrons. The molecule has 2 atom stereocenters. The van der Waals surface area contributed by atoms with Crippen molar-refractivity contribution in [1.29, 1.82) is 0 Å². The third-order valence-corrected chi connectivity index (χ3v) is 5.69. The predicted octanol–water partition coefficient (Wildman–Crippen LogP) is 0.952. The first-order valence-corrected chi connectivity index (χ1v) is 9.73. The molecule has 0 bridgehead atoms. The van der Waals surface area contributed by atoms with Gasteiger partial charge >= 0.3 is 12.1 Å². The number of alkyl carbamates (subject to hydrolysis) is 1. The zero-order valence-corrected chi connectivity index (χ0v) is 17.1. The molecule has 2 heterocycles. The minimum absolute atomic E-state index is 0.0708. The number of nitrogens with one attached hydrogen (secondary N) is 2. The number of esters is 1. The van der Waals surface area contributed by atoms with E-state index >= 15 is 0 Å². The summed E-state index contributed by atoms with van der Waals surface area (Å²) in [5, 5.41) is 5.95. The topological polar surface area (TPSA) is 97.0 Å². The molecule has 2 fully saturated rings.